The second kappa shape index (κ2) is 10.1. The molecule has 0 aliphatic heterocycles. The van der Waals surface area contributed by atoms with Crippen molar-refractivity contribution in [3.8, 4) is 11.8 Å². The molecule has 0 N–H and O–H groups in total. The van der Waals surface area contributed by atoms with Crippen molar-refractivity contribution in [1.29, 1.82) is 0 Å². The van der Waals surface area contributed by atoms with Gasteiger partial charge in [0.1, 0.15) is 17.9 Å². The second-order valence-electron chi connectivity index (χ2n) is 7.92. The monoisotopic (exact) mass is 457 g/mol. The van der Waals surface area contributed by atoms with Gasteiger partial charge in [-0.15, -0.1) is 0 Å². The van der Waals surface area contributed by atoms with E-state index in [2.05, 4.69) is 9.97 Å². The summed E-state index contributed by atoms with van der Waals surface area (Å²) in [7, 11) is 0. The first-order valence-electron chi connectivity index (χ1n) is 11.1. The number of aromatic nitrogens is 2. The number of hydrogen-bond acceptors (Lipinski definition) is 5. The zero-order valence-electron chi connectivity index (χ0n) is 18.4. The minimum atomic E-state index is -4.60. The van der Waals surface area contributed by atoms with E-state index in [4.69, 9.17) is 9.47 Å². The van der Waals surface area contributed by atoms with Crippen LogP contribution in [0, 0.1) is 0 Å². The van der Waals surface area contributed by atoms with Gasteiger partial charge in [0.2, 0.25) is 0 Å². The molecule has 1 fully saturated rings. The van der Waals surface area contributed by atoms with Gasteiger partial charge >= 0.3 is 12.2 Å². The van der Waals surface area contributed by atoms with E-state index >= 15 is 0 Å². The SMILES string of the molecule is CCN(c1ccc(OC2CCCC2)cc1)c1nc(OCc2ccccc2)ncc1C(F)(F)F. The maximum atomic E-state index is 13.8. The van der Waals surface area contributed by atoms with Crippen LogP contribution in [0.4, 0.5) is 24.7 Å². The van der Waals surface area contributed by atoms with Gasteiger partial charge in [-0.3, -0.25) is 0 Å². The molecular formula is C25H26F3N3O2. The molecule has 0 radical (unpaired) electrons. The highest BCUT2D eigenvalue weighted by Gasteiger charge is 2.37. The normalized spacial score (nSPS) is 14.3. The van der Waals surface area contributed by atoms with Gasteiger partial charge in [-0.25, -0.2) is 4.98 Å². The molecule has 0 bridgehead atoms. The third kappa shape index (κ3) is 5.74. The van der Waals surface area contributed by atoms with Gasteiger partial charge in [0.15, 0.2) is 5.82 Å². The highest BCUT2D eigenvalue weighted by molar-refractivity contribution is 5.64. The molecule has 33 heavy (non-hydrogen) atoms. The predicted octanol–water partition coefficient (Wildman–Crippen LogP) is 6.55. The van der Waals surface area contributed by atoms with Gasteiger partial charge in [-0.2, -0.15) is 18.2 Å². The molecule has 0 unspecified atom stereocenters. The fraction of sp³-hybridized carbons (Fsp3) is 0.360. The summed E-state index contributed by atoms with van der Waals surface area (Å²) in [5.41, 5.74) is 0.532. The molecule has 3 aromatic rings. The zero-order chi connectivity index (χ0) is 23.3. The van der Waals surface area contributed by atoms with Crippen molar-refractivity contribution in [2.75, 3.05) is 11.4 Å². The summed E-state index contributed by atoms with van der Waals surface area (Å²) in [6.07, 6.45) is 0.773. The Balaban J connectivity index is 1.59. The Morgan fingerprint density at radius 3 is 2.33 bits per heavy atom. The van der Waals surface area contributed by atoms with Crippen LogP contribution in [0.1, 0.15) is 43.7 Å². The first-order chi connectivity index (χ1) is 15.9. The minimum Gasteiger partial charge on any atom is -0.490 e. The van der Waals surface area contributed by atoms with Crippen LogP contribution in [0.5, 0.6) is 11.8 Å². The Morgan fingerprint density at radius 2 is 1.70 bits per heavy atom. The van der Waals surface area contributed by atoms with Crippen molar-refractivity contribution in [3.05, 3.63) is 71.9 Å². The molecule has 0 saturated heterocycles. The maximum absolute atomic E-state index is 13.8. The van der Waals surface area contributed by atoms with Crippen LogP contribution in [-0.4, -0.2) is 22.6 Å². The summed E-state index contributed by atoms with van der Waals surface area (Å²) in [6.45, 7) is 2.21. The third-order valence-corrected chi connectivity index (χ3v) is 5.59. The average Bonchev–Trinajstić information content (AvgIpc) is 3.32. The Kier molecular flexibility index (Phi) is 7.01. The van der Waals surface area contributed by atoms with Crippen molar-refractivity contribution in [2.24, 2.45) is 0 Å². The van der Waals surface area contributed by atoms with Gasteiger partial charge in [0.05, 0.1) is 6.10 Å². The predicted molar refractivity (Wildman–Crippen MR) is 120 cm³/mol. The Hall–Kier alpha value is -3.29. The molecule has 1 aliphatic carbocycles. The number of rotatable bonds is 8. The first-order valence-corrected chi connectivity index (χ1v) is 11.1. The topological polar surface area (TPSA) is 47.5 Å². The van der Waals surface area contributed by atoms with Crippen molar-refractivity contribution in [2.45, 2.75) is 51.5 Å². The lowest BCUT2D eigenvalue weighted by molar-refractivity contribution is -0.137. The minimum absolute atomic E-state index is 0.110. The number of nitrogens with zero attached hydrogens (tertiary/aromatic N) is 3. The van der Waals surface area contributed by atoms with Gasteiger partial charge < -0.3 is 14.4 Å². The number of halogens is 3. The van der Waals surface area contributed by atoms with E-state index < -0.39 is 11.7 Å². The quantitative estimate of drug-likeness (QED) is 0.384. The fourth-order valence-electron chi connectivity index (χ4n) is 3.91. The number of alkyl halides is 3. The molecule has 2 aromatic carbocycles. The van der Waals surface area contributed by atoms with E-state index in [1.54, 1.807) is 31.2 Å². The van der Waals surface area contributed by atoms with Crippen LogP contribution >= 0.6 is 0 Å². The fourth-order valence-corrected chi connectivity index (χ4v) is 3.91. The molecule has 0 spiro atoms. The lowest BCUT2D eigenvalue weighted by atomic mass is 10.2. The molecule has 4 rings (SSSR count). The van der Waals surface area contributed by atoms with E-state index in [9.17, 15) is 13.2 Å². The van der Waals surface area contributed by atoms with Crippen molar-refractivity contribution < 1.29 is 22.6 Å². The summed E-state index contributed by atoms with van der Waals surface area (Å²) >= 11 is 0. The highest BCUT2D eigenvalue weighted by atomic mass is 19.4. The number of benzene rings is 2. The number of anilines is 2. The Labute approximate surface area is 191 Å². The standard InChI is InChI=1S/C25H26F3N3O2/c1-2-31(19-12-14-21(15-13-19)33-20-10-6-7-11-20)23-22(25(26,27)28)16-29-24(30-23)32-17-18-8-4-3-5-9-18/h3-5,8-9,12-16,20H,2,6-7,10-11,17H2,1H3. The molecule has 1 aromatic heterocycles. The molecule has 1 aliphatic rings. The lowest BCUT2D eigenvalue weighted by Gasteiger charge is -2.25. The molecule has 174 valence electrons. The summed E-state index contributed by atoms with van der Waals surface area (Å²) in [5, 5.41) is 0. The van der Waals surface area contributed by atoms with Gasteiger partial charge in [-0.1, -0.05) is 30.3 Å². The van der Waals surface area contributed by atoms with E-state index in [-0.39, 0.29) is 31.1 Å². The molecule has 1 heterocycles. The number of ether oxygens (including phenoxy) is 2. The van der Waals surface area contributed by atoms with E-state index in [1.165, 1.54) is 4.90 Å². The van der Waals surface area contributed by atoms with Gasteiger partial charge in [0.25, 0.3) is 0 Å². The summed E-state index contributed by atoms with van der Waals surface area (Å²) in [5.74, 6) is 0.472. The van der Waals surface area contributed by atoms with Crippen LogP contribution in [-0.2, 0) is 12.8 Å². The van der Waals surface area contributed by atoms with Crippen LogP contribution in [0.15, 0.2) is 60.8 Å². The van der Waals surface area contributed by atoms with Crippen molar-refractivity contribution in [3.63, 3.8) is 0 Å². The lowest BCUT2D eigenvalue weighted by Crippen LogP contribution is -2.23. The summed E-state index contributed by atoms with van der Waals surface area (Å²) in [6, 6.07) is 16.3. The highest BCUT2D eigenvalue weighted by Crippen LogP contribution is 2.38. The van der Waals surface area contributed by atoms with E-state index in [0.29, 0.717) is 11.4 Å². The molecule has 1 saturated carbocycles. The summed E-state index contributed by atoms with van der Waals surface area (Å²) in [4.78, 5) is 9.45. The molecule has 0 atom stereocenters. The molecule has 0 amide bonds. The second-order valence-corrected chi connectivity index (χ2v) is 7.92. The molecular weight excluding hydrogens is 431 g/mol. The van der Waals surface area contributed by atoms with Crippen LogP contribution in [0.3, 0.4) is 0 Å². The Morgan fingerprint density at radius 1 is 1.00 bits per heavy atom. The Bertz CT molecular complexity index is 1040. The smallest absolute Gasteiger partial charge is 0.421 e. The average molecular weight is 457 g/mol. The first kappa shape index (κ1) is 22.9. The van der Waals surface area contributed by atoms with Gasteiger partial charge in [-0.05, 0) is 62.4 Å². The molecule has 5 nitrogen and oxygen atoms in total. The van der Waals surface area contributed by atoms with Crippen LogP contribution in [0.2, 0.25) is 0 Å². The van der Waals surface area contributed by atoms with Crippen molar-refractivity contribution >= 4 is 11.5 Å². The zero-order valence-corrected chi connectivity index (χ0v) is 18.4. The third-order valence-electron chi connectivity index (χ3n) is 5.59. The van der Waals surface area contributed by atoms with E-state index in [1.807, 2.05) is 30.3 Å². The van der Waals surface area contributed by atoms with E-state index in [0.717, 1.165) is 37.4 Å². The van der Waals surface area contributed by atoms with Crippen LogP contribution < -0.4 is 14.4 Å². The summed E-state index contributed by atoms with van der Waals surface area (Å²) < 4.78 is 52.9. The number of hydrogen-bond donors (Lipinski definition) is 0. The largest absolute Gasteiger partial charge is 0.490 e. The van der Waals surface area contributed by atoms with Crippen molar-refractivity contribution in [1.82, 2.24) is 9.97 Å². The maximum Gasteiger partial charge on any atom is 0.421 e. The van der Waals surface area contributed by atoms with Gasteiger partial charge in [0, 0.05) is 18.4 Å². The molecule has 8 heteroatoms. The van der Waals surface area contributed by atoms with Crippen LogP contribution in [0.25, 0.3) is 0 Å².